The van der Waals surface area contributed by atoms with E-state index >= 15 is 0 Å². The van der Waals surface area contributed by atoms with Crippen LogP contribution in [0.3, 0.4) is 0 Å². The Bertz CT molecular complexity index is 709. The summed E-state index contributed by atoms with van der Waals surface area (Å²) in [6.45, 7) is 0.325. The van der Waals surface area contributed by atoms with E-state index in [2.05, 4.69) is 16.0 Å². The minimum absolute atomic E-state index is 0.133. The number of amides is 5. The molecule has 1 saturated carbocycles. The molecular formula is C18H24N4O5. The van der Waals surface area contributed by atoms with E-state index in [1.54, 1.807) is 12.1 Å². The van der Waals surface area contributed by atoms with Crippen molar-refractivity contribution in [1.82, 2.24) is 20.9 Å². The van der Waals surface area contributed by atoms with Gasteiger partial charge >= 0.3 is 6.03 Å². The summed E-state index contributed by atoms with van der Waals surface area (Å²) in [6.07, 6.45) is 5.24. The summed E-state index contributed by atoms with van der Waals surface area (Å²) in [6, 6.07) is 3.09. The molecule has 2 heterocycles. The maximum atomic E-state index is 12.5. The highest BCUT2D eigenvalue weighted by Gasteiger charge is 2.51. The van der Waals surface area contributed by atoms with E-state index in [0.29, 0.717) is 25.0 Å². The van der Waals surface area contributed by atoms with Crippen molar-refractivity contribution in [1.29, 1.82) is 0 Å². The minimum atomic E-state index is -0.717. The molecule has 146 valence electrons. The van der Waals surface area contributed by atoms with Crippen LogP contribution < -0.4 is 16.0 Å². The molecule has 27 heavy (non-hydrogen) atoms. The number of imide groups is 1. The van der Waals surface area contributed by atoms with E-state index < -0.39 is 5.54 Å². The van der Waals surface area contributed by atoms with E-state index in [-0.39, 0.29) is 49.8 Å². The number of urea groups is 1. The lowest BCUT2D eigenvalue weighted by atomic mass is 9.98. The molecule has 1 aliphatic carbocycles. The summed E-state index contributed by atoms with van der Waals surface area (Å²) in [5.41, 5.74) is -0.717. The SMILES string of the molecule is O=C(CCCN1C(=O)NC2(CCCC2)C1=O)NCC(=O)NCc1ccco1. The third kappa shape index (κ3) is 4.47. The van der Waals surface area contributed by atoms with Gasteiger partial charge in [0.15, 0.2) is 0 Å². The van der Waals surface area contributed by atoms with Crippen molar-refractivity contribution in [3.05, 3.63) is 24.2 Å². The van der Waals surface area contributed by atoms with Crippen molar-refractivity contribution in [2.45, 2.75) is 50.6 Å². The highest BCUT2D eigenvalue weighted by atomic mass is 16.3. The van der Waals surface area contributed by atoms with Gasteiger partial charge in [-0.1, -0.05) is 12.8 Å². The second-order valence-corrected chi connectivity index (χ2v) is 6.91. The number of hydrogen-bond acceptors (Lipinski definition) is 5. The smallest absolute Gasteiger partial charge is 0.325 e. The molecule has 1 aromatic rings. The summed E-state index contributed by atoms with van der Waals surface area (Å²) in [7, 11) is 0. The van der Waals surface area contributed by atoms with Gasteiger partial charge in [0.25, 0.3) is 5.91 Å². The molecule has 9 nitrogen and oxygen atoms in total. The number of carbonyl (C=O) groups excluding carboxylic acids is 4. The molecule has 0 atom stereocenters. The Balaban J connectivity index is 1.33. The molecule has 0 radical (unpaired) electrons. The van der Waals surface area contributed by atoms with Crippen molar-refractivity contribution in [3.63, 3.8) is 0 Å². The zero-order chi connectivity index (χ0) is 19.3. The lowest BCUT2D eigenvalue weighted by molar-refractivity contribution is -0.131. The maximum absolute atomic E-state index is 12.5. The van der Waals surface area contributed by atoms with Crippen LogP contribution in [-0.2, 0) is 20.9 Å². The average Bonchev–Trinajstić information content (AvgIpc) is 3.37. The Morgan fingerprint density at radius 3 is 2.67 bits per heavy atom. The number of furan rings is 1. The number of rotatable bonds is 8. The van der Waals surface area contributed by atoms with Crippen molar-refractivity contribution >= 4 is 23.8 Å². The van der Waals surface area contributed by atoms with Crippen LogP contribution in [-0.4, -0.2) is 47.3 Å². The van der Waals surface area contributed by atoms with Gasteiger partial charge in [-0.3, -0.25) is 19.3 Å². The van der Waals surface area contributed by atoms with Gasteiger partial charge < -0.3 is 20.4 Å². The fourth-order valence-electron chi connectivity index (χ4n) is 3.52. The molecule has 1 aliphatic heterocycles. The summed E-state index contributed by atoms with van der Waals surface area (Å²) in [4.78, 5) is 49.3. The van der Waals surface area contributed by atoms with Crippen LogP contribution >= 0.6 is 0 Å². The Labute approximate surface area is 156 Å². The predicted molar refractivity (Wildman–Crippen MR) is 94.2 cm³/mol. The summed E-state index contributed by atoms with van der Waals surface area (Å²) in [5.74, 6) is -0.172. The van der Waals surface area contributed by atoms with Crippen molar-refractivity contribution < 1.29 is 23.6 Å². The molecule has 3 rings (SSSR count). The van der Waals surface area contributed by atoms with Gasteiger partial charge in [-0.2, -0.15) is 0 Å². The summed E-state index contributed by atoms with van der Waals surface area (Å²) in [5, 5.41) is 7.96. The van der Waals surface area contributed by atoms with E-state index in [1.807, 2.05) is 0 Å². The second kappa shape index (κ2) is 8.24. The number of carbonyl (C=O) groups is 4. The quantitative estimate of drug-likeness (QED) is 0.576. The maximum Gasteiger partial charge on any atom is 0.325 e. The van der Waals surface area contributed by atoms with E-state index in [0.717, 1.165) is 12.8 Å². The van der Waals surface area contributed by atoms with E-state index in [1.165, 1.54) is 11.2 Å². The van der Waals surface area contributed by atoms with Crippen LogP contribution in [0.15, 0.2) is 22.8 Å². The molecule has 2 aliphatic rings. The van der Waals surface area contributed by atoms with Crippen LogP contribution in [0.4, 0.5) is 4.79 Å². The van der Waals surface area contributed by atoms with Gasteiger partial charge in [0.1, 0.15) is 11.3 Å². The zero-order valence-electron chi connectivity index (χ0n) is 15.1. The largest absolute Gasteiger partial charge is 0.467 e. The first kappa shape index (κ1) is 18.9. The van der Waals surface area contributed by atoms with Crippen LogP contribution in [0.25, 0.3) is 0 Å². The second-order valence-electron chi connectivity index (χ2n) is 6.91. The van der Waals surface area contributed by atoms with Crippen LogP contribution in [0.5, 0.6) is 0 Å². The molecule has 0 unspecified atom stereocenters. The molecule has 9 heteroatoms. The Morgan fingerprint density at radius 2 is 1.96 bits per heavy atom. The first-order valence-electron chi connectivity index (χ1n) is 9.20. The van der Waals surface area contributed by atoms with Gasteiger partial charge in [-0.25, -0.2) is 4.79 Å². The highest BCUT2D eigenvalue weighted by molar-refractivity contribution is 6.07. The fourth-order valence-corrected chi connectivity index (χ4v) is 3.52. The lowest BCUT2D eigenvalue weighted by Gasteiger charge is -2.19. The van der Waals surface area contributed by atoms with Gasteiger partial charge in [-0.15, -0.1) is 0 Å². The van der Waals surface area contributed by atoms with Crippen LogP contribution in [0.2, 0.25) is 0 Å². The van der Waals surface area contributed by atoms with Crippen LogP contribution in [0.1, 0.15) is 44.3 Å². The Hall–Kier alpha value is -2.84. The molecule has 1 spiro atoms. The number of hydrogen-bond donors (Lipinski definition) is 3. The van der Waals surface area contributed by atoms with Gasteiger partial charge in [0.2, 0.25) is 11.8 Å². The topological polar surface area (TPSA) is 121 Å². The average molecular weight is 376 g/mol. The van der Waals surface area contributed by atoms with Gasteiger partial charge in [-0.05, 0) is 31.4 Å². The highest BCUT2D eigenvalue weighted by Crippen LogP contribution is 2.35. The van der Waals surface area contributed by atoms with Gasteiger partial charge in [0.05, 0.1) is 19.4 Å². The first-order valence-corrected chi connectivity index (χ1v) is 9.20. The summed E-state index contributed by atoms with van der Waals surface area (Å²) >= 11 is 0. The molecule has 1 aromatic heterocycles. The third-order valence-electron chi connectivity index (χ3n) is 4.97. The molecule has 0 aromatic carbocycles. The van der Waals surface area contributed by atoms with Crippen molar-refractivity contribution in [3.8, 4) is 0 Å². The van der Waals surface area contributed by atoms with E-state index in [9.17, 15) is 19.2 Å². The molecular weight excluding hydrogens is 352 g/mol. The molecule has 1 saturated heterocycles. The Morgan fingerprint density at radius 1 is 1.19 bits per heavy atom. The minimum Gasteiger partial charge on any atom is -0.467 e. The van der Waals surface area contributed by atoms with Crippen LogP contribution in [0, 0.1) is 0 Å². The van der Waals surface area contributed by atoms with E-state index in [4.69, 9.17) is 4.42 Å². The third-order valence-corrected chi connectivity index (χ3v) is 4.97. The summed E-state index contributed by atoms with van der Waals surface area (Å²) < 4.78 is 5.10. The predicted octanol–water partition coefficient (Wildman–Crippen LogP) is 0.657. The molecule has 3 N–H and O–H groups in total. The number of nitrogens with one attached hydrogen (secondary N) is 3. The monoisotopic (exact) mass is 376 g/mol. The number of nitrogens with zero attached hydrogens (tertiary/aromatic N) is 1. The fraction of sp³-hybridized carbons (Fsp3) is 0.556. The molecule has 5 amide bonds. The van der Waals surface area contributed by atoms with Crippen molar-refractivity contribution in [2.24, 2.45) is 0 Å². The lowest BCUT2D eigenvalue weighted by Crippen LogP contribution is -2.44. The Kier molecular flexibility index (Phi) is 5.78. The molecule has 2 fully saturated rings. The zero-order valence-corrected chi connectivity index (χ0v) is 15.1. The first-order chi connectivity index (χ1) is 13.0. The standard InChI is InChI=1S/C18H24N4O5/c23-14(20-12-15(24)19-11-13-5-4-10-27-13)6-3-9-22-16(25)18(21-17(22)26)7-1-2-8-18/h4-5,10H,1-3,6-9,11-12H2,(H,19,24)(H,20,23)(H,21,26). The molecule has 0 bridgehead atoms. The van der Waals surface area contributed by atoms with Gasteiger partial charge in [0, 0.05) is 13.0 Å². The van der Waals surface area contributed by atoms with Crippen molar-refractivity contribution in [2.75, 3.05) is 13.1 Å². The normalized spacial score (nSPS) is 18.0.